The minimum absolute atomic E-state index is 0.00335. The largest absolute Gasteiger partial charge is 0.486 e. The van der Waals surface area contributed by atoms with E-state index in [-0.39, 0.29) is 24.3 Å². The Morgan fingerprint density at radius 1 is 1.35 bits per heavy atom. The van der Waals surface area contributed by atoms with Gasteiger partial charge in [0.15, 0.2) is 5.84 Å². The summed E-state index contributed by atoms with van der Waals surface area (Å²) in [4.78, 5) is 12.0. The summed E-state index contributed by atoms with van der Waals surface area (Å²) in [7, 11) is 0. The number of oxime groups is 1. The molecule has 1 aliphatic rings. The molecule has 1 aromatic carbocycles. The number of anilines is 1. The van der Waals surface area contributed by atoms with Crippen LogP contribution in [0.3, 0.4) is 0 Å². The average molecular weight is 277 g/mol. The van der Waals surface area contributed by atoms with Crippen LogP contribution in [0.5, 0.6) is 5.75 Å². The smallest absolute Gasteiger partial charge is 0.227 e. The minimum Gasteiger partial charge on any atom is -0.486 e. The second-order valence-corrected chi connectivity index (χ2v) is 4.88. The first-order valence-electron chi connectivity index (χ1n) is 6.69. The summed E-state index contributed by atoms with van der Waals surface area (Å²) < 4.78 is 5.29. The van der Waals surface area contributed by atoms with Crippen LogP contribution in [0, 0.1) is 5.92 Å². The molecule has 0 aliphatic heterocycles. The van der Waals surface area contributed by atoms with E-state index in [4.69, 9.17) is 15.7 Å². The number of amides is 1. The number of carbonyl (C=O) groups excluding carboxylic acids is 1. The van der Waals surface area contributed by atoms with E-state index in [9.17, 15) is 4.79 Å². The van der Waals surface area contributed by atoms with E-state index >= 15 is 0 Å². The summed E-state index contributed by atoms with van der Waals surface area (Å²) in [5, 5.41) is 14.1. The van der Waals surface area contributed by atoms with Gasteiger partial charge in [-0.2, -0.15) is 0 Å². The summed E-state index contributed by atoms with van der Waals surface area (Å²) >= 11 is 0. The Bertz CT molecular complexity index is 479. The maximum Gasteiger partial charge on any atom is 0.227 e. The number of amidine groups is 1. The standard InChI is InChI=1S/C14H19N3O3/c15-13(17-19)9-20-12-7-5-11(6-8-12)16-14(18)10-3-1-2-4-10/h5-8,10,19H,1-4,9H2,(H2,15,17)(H,16,18). The van der Waals surface area contributed by atoms with E-state index in [1.807, 2.05) is 0 Å². The molecule has 0 bridgehead atoms. The van der Waals surface area contributed by atoms with Crippen molar-refractivity contribution >= 4 is 17.4 Å². The second kappa shape index (κ2) is 6.79. The summed E-state index contributed by atoms with van der Waals surface area (Å²) in [5.74, 6) is 0.832. The van der Waals surface area contributed by atoms with E-state index in [1.165, 1.54) is 0 Å². The molecule has 0 unspecified atom stereocenters. The monoisotopic (exact) mass is 277 g/mol. The molecule has 0 atom stereocenters. The van der Waals surface area contributed by atoms with Crippen LogP contribution in [0.15, 0.2) is 29.4 Å². The highest BCUT2D eigenvalue weighted by Crippen LogP contribution is 2.26. The van der Waals surface area contributed by atoms with Crippen LogP contribution in [-0.4, -0.2) is 23.6 Å². The van der Waals surface area contributed by atoms with Gasteiger partial charge in [-0.05, 0) is 37.1 Å². The topological polar surface area (TPSA) is 96.9 Å². The summed E-state index contributed by atoms with van der Waals surface area (Å²) in [6.45, 7) is 0.0181. The Balaban J connectivity index is 1.86. The SMILES string of the molecule is N/C(COc1ccc(NC(=O)C2CCCC2)cc1)=N\O. The van der Waals surface area contributed by atoms with Crippen LogP contribution in [0.4, 0.5) is 5.69 Å². The van der Waals surface area contributed by atoms with Gasteiger partial charge in [0.05, 0.1) is 0 Å². The molecular formula is C14H19N3O3. The normalized spacial score (nSPS) is 16.1. The number of rotatable bonds is 5. The molecule has 1 fully saturated rings. The van der Waals surface area contributed by atoms with Crippen molar-refractivity contribution in [1.82, 2.24) is 0 Å². The fourth-order valence-corrected chi connectivity index (χ4v) is 2.25. The second-order valence-electron chi connectivity index (χ2n) is 4.88. The average Bonchev–Trinajstić information content (AvgIpc) is 3.00. The van der Waals surface area contributed by atoms with Crippen molar-refractivity contribution in [2.45, 2.75) is 25.7 Å². The summed E-state index contributed by atoms with van der Waals surface area (Å²) in [6, 6.07) is 7.01. The Kier molecular flexibility index (Phi) is 4.81. The lowest BCUT2D eigenvalue weighted by Gasteiger charge is -2.11. The van der Waals surface area contributed by atoms with E-state index in [2.05, 4.69) is 10.5 Å². The first-order chi connectivity index (χ1) is 9.69. The van der Waals surface area contributed by atoms with Crippen molar-refractivity contribution in [2.24, 2.45) is 16.8 Å². The molecule has 108 valence electrons. The lowest BCUT2D eigenvalue weighted by Crippen LogP contribution is -2.21. The minimum atomic E-state index is 0.00335. The maximum absolute atomic E-state index is 12.0. The number of nitrogens with one attached hydrogen (secondary N) is 1. The number of ether oxygens (including phenoxy) is 1. The number of nitrogens with two attached hydrogens (primary N) is 1. The van der Waals surface area contributed by atoms with Crippen molar-refractivity contribution in [3.05, 3.63) is 24.3 Å². The van der Waals surface area contributed by atoms with Crippen LogP contribution in [0.2, 0.25) is 0 Å². The predicted octanol–water partition coefficient (Wildman–Crippen LogP) is 1.94. The molecule has 1 aromatic rings. The van der Waals surface area contributed by atoms with Crippen LogP contribution >= 0.6 is 0 Å². The molecule has 4 N–H and O–H groups in total. The van der Waals surface area contributed by atoms with E-state index < -0.39 is 0 Å². The number of benzene rings is 1. The van der Waals surface area contributed by atoms with Crippen molar-refractivity contribution in [3.8, 4) is 5.75 Å². The molecule has 6 nitrogen and oxygen atoms in total. The van der Waals surface area contributed by atoms with Gasteiger partial charge in [0, 0.05) is 11.6 Å². The van der Waals surface area contributed by atoms with Crippen molar-refractivity contribution < 1.29 is 14.7 Å². The number of nitrogens with zero attached hydrogens (tertiary/aromatic N) is 1. The third-order valence-electron chi connectivity index (χ3n) is 3.36. The predicted molar refractivity (Wildman–Crippen MR) is 75.9 cm³/mol. The van der Waals surface area contributed by atoms with Gasteiger partial charge in [-0.15, -0.1) is 0 Å². The lowest BCUT2D eigenvalue weighted by atomic mass is 10.1. The van der Waals surface area contributed by atoms with Gasteiger partial charge in [0.1, 0.15) is 12.4 Å². The highest BCUT2D eigenvalue weighted by Gasteiger charge is 2.22. The molecule has 0 radical (unpaired) electrons. The van der Waals surface area contributed by atoms with Gasteiger partial charge in [-0.3, -0.25) is 4.79 Å². The van der Waals surface area contributed by atoms with Gasteiger partial charge in [0.2, 0.25) is 5.91 Å². The molecule has 0 aromatic heterocycles. The first kappa shape index (κ1) is 14.2. The van der Waals surface area contributed by atoms with Crippen molar-refractivity contribution in [1.29, 1.82) is 0 Å². The van der Waals surface area contributed by atoms with E-state index in [0.29, 0.717) is 5.75 Å². The summed E-state index contributed by atoms with van der Waals surface area (Å²) in [5.41, 5.74) is 6.05. The fourth-order valence-electron chi connectivity index (χ4n) is 2.25. The van der Waals surface area contributed by atoms with Crippen molar-refractivity contribution in [3.63, 3.8) is 0 Å². The third kappa shape index (κ3) is 3.88. The fraction of sp³-hybridized carbons (Fsp3) is 0.429. The van der Waals surface area contributed by atoms with Crippen LogP contribution in [-0.2, 0) is 4.79 Å². The Hall–Kier alpha value is -2.24. The lowest BCUT2D eigenvalue weighted by molar-refractivity contribution is -0.119. The quantitative estimate of drug-likeness (QED) is 0.331. The van der Waals surface area contributed by atoms with Crippen LogP contribution in [0.1, 0.15) is 25.7 Å². The first-order valence-corrected chi connectivity index (χ1v) is 6.69. The molecule has 2 rings (SSSR count). The van der Waals surface area contributed by atoms with E-state index in [1.54, 1.807) is 24.3 Å². The Morgan fingerprint density at radius 3 is 2.60 bits per heavy atom. The van der Waals surface area contributed by atoms with Gasteiger partial charge in [-0.25, -0.2) is 0 Å². The highest BCUT2D eigenvalue weighted by atomic mass is 16.5. The molecule has 1 saturated carbocycles. The van der Waals surface area contributed by atoms with Gasteiger partial charge >= 0.3 is 0 Å². The van der Waals surface area contributed by atoms with Crippen molar-refractivity contribution in [2.75, 3.05) is 11.9 Å². The van der Waals surface area contributed by atoms with Gasteiger partial charge < -0.3 is 21.0 Å². The summed E-state index contributed by atoms with van der Waals surface area (Å²) in [6.07, 6.45) is 4.23. The Labute approximate surface area is 117 Å². The number of carbonyl (C=O) groups is 1. The molecule has 1 amide bonds. The molecule has 1 aliphatic carbocycles. The zero-order valence-corrected chi connectivity index (χ0v) is 11.2. The van der Waals surface area contributed by atoms with Gasteiger partial charge in [-0.1, -0.05) is 18.0 Å². The third-order valence-corrected chi connectivity index (χ3v) is 3.36. The van der Waals surface area contributed by atoms with Crippen LogP contribution < -0.4 is 15.8 Å². The zero-order chi connectivity index (χ0) is 14.4. The molecule has 20 heavy (non-hydrogen) atoms. The number of hydrogen-bond donors (Lipinski definition) is 3. The van der Waals surface area contributed by atoms with Gasteiger partial charge in [0.25, 0.3) is 0 Å². The number of hydrogen-bond acceptors (Lipinski definition) is 4. The van der Waals surface area contributed by atoms with Crippen LogP contribution in [0.25, 0.3) is 0 Å². The maximum atomic E-state index is 12.0. The molecule has 0 heterocycles. The zero-order valence-electron chi connectivity index (χ0n) is 11.2. The molecule has 6 heteroatoms. The molecular weight excluding hydrogens is 258 g/mol. The molecule has 0 saturated heterocycles. The molecule has 0 spiro atoms. The van der Waals surface area contributed by atoms with E-state index in [0.717, 1.165) is 31.4 Å². The highest BCUT2D eigenvalue weighted by molar-refractivity contribution is 5.92. The Morgan fingerprint density at radius 2 is 2.00 bits per heavy atom.